The standard InChI is InChI=1S/C55H99NO5/c1-4-7-10-13-16-19-22-25-27-30-33-36-39-42-45-48-55(60)61-51(46-43-40-37-34-31-28-24-21-18-15-12-9-6-3)49-54(59)56-52(50-57)53(58)47-44-41-38-35-32-29-26-23-20-17-14-11-8-5-2/h9,12,15,18-19,21-22,24,28,31,51-53,57-58H,4-8,10-11,13-14,16-17,20,23,25-27,29-30,32-50H2,1-3H3,(H,56,59)/b12-9+,18-15+,22-19-,24-21+,31-28-. The monoisotopic (exact) mass is 854 g/mol. The zero-order valence-corrected chi connectivity index (χ0v) is 40.3. The highest BCUT2D eigenvalue weighted by molar-refractivity contribution is 5.77. The van der Waals surface area contributed by atoms with Crippen molar-refractivity contribution < 1.29 is 24.5 Å². The van der Waals surface area contributed by atoms with Crippen LogP contribution >= 0.6 is 0 Å². The molecule has 3 atom stereocenters. The third-order valence-corrected chi connectivity index (χ3v) is 11.7. The highest BCUT2D eigenvalue weighted by Gasteiger charge is 2.24. The Morgan fingerprint density at radius 3 is 1.43 bits per heavy atom. The van der Waals surface area contributed by atoms with Crippen molar-refractivity contribution in [2.45, 2.75) is 270 Å². The van der Waals surface area contributed by atoms with Crippen molar-refractivity contribution in [3.8, 4) is 0 Å². The van der Waals surface area contributed by atoms with Gasteiger partial charge in [0.15, 0.2) is 0 Å². The number of ether oxygens (including phenoxy) is 1. The van der Waals surface area contributed by atoms with Crippen LogP contribution < -0.4 is 5.32 Å². The number of rotatable bonds is 46. The van der Waals surface area contributed by atoms with E-state index in [1.165, 1.54) is 135 Å². The first-order valence-corrected chi connectivity index (χ1v) is 26.1. The molecule has 0 aromatic heterocycles. The summed E-state index contributed by atoms with van der Waals surface area (Å²) in [7, 11) is 0. The molecule has 0 aromatic carbocycles. The number of carbonyl (C=O) groups excluding carboxylic acids is 2. The lowest BCUT2D eigenvalue weighted by atomic mass is 10.0. The van der Waals surface area contributed by atoms with Gasteiger partial charge in [-0.15, -0.1) is 0 Å². The fourth-order valence-corrected chi connectivity index (χ4v) is 7.73. The molecule has 0 spiro atoms. The van der Waals surface area contributed by atoms with E-state index in [-0.39, 0.29) is 24.9 Å². The van der Waals surface area contributed by atoms with Gasteiger partial charge in [-0.3, -0.25) is 9.59 Å². The van der Waals surface area contributed by atoms with Crippen LogP contribution in [0.3, 0.4) is 0 Å². The molecular formula is C55H99NO5. The van der Waals surface area contributed by atoms with Gasteiger partial charge in [0, 0.05) is 6.42 Å². The van der Waals surface area contributed by atoms with Crippen molar-refractivity contribution in [2.75, 3.05) is 6.61 Å². The molecule has 0 rings (SSSR count). The molecule has 0 aliphatic heterocycles. The van der Waals surface area contributed by atoms with Crippen molar-refractivity contribution in [1.29, 1.82) is 0 Å². The Morgan fingerprint density at radius 2 is 0.902 bits per heavy atom. The van der Waals surface area contributed by atoms with Crippen molar-refractivity contribution in [3.63, 3.8) is 0 Å². The Labute approximate surface area is 378 Å². The first kappa shape index (κ1) is 58.6. The molecule has 0 bridgehead atoms. The molecule has 0 aliphatic rings. The molecular weight excluding hydrogens is 755 g/mol. The Kier molecular flexibility index (Phi) is 46.6. The fourth-order valence-electron chi connectivity index (χ4n) is 7.73. The van der Waals surface area contributed by atoms with Crippen LogP contribution in [0.5, 0.6) is 0 Å². The number of amides is 1. The van der Waals surface area contributed by atoms with Crippen LogP contribution in [-0.2, 0) is 14.3 Å². The summed E-state index contributed by atoms with van der Waals surface area (Å²) in [6.45, 7) is 6.33. The number of hydrogen-bond donors (Lipinski definition) is 3. The van der Waals surface area contributed by atoms with Crippen LogP contribution in [0.4, 0.5) is 0 Å². The number of esters is 1. The van der Waals surface area contributed by atoms with E-state index in [1.54, 1.807) is 0 Å². The number of allylic oxidation sites excluding steroid dienone is 10. The van der Waals surface area contributed by atoms with E-state index < -0.39 is 18.2 Å². The average molecular weight is 854 g/mol. The number of aliphatic hydroxyl groups excluding tert-OH is 2. The van der Waals surface area contributed by atoms with Gasteiger partial charge in [-0.25, -0.2) is 0 Å². The third kappa shape index (κ3) is 44.0. The maximum absolute atomic E-state index is 13.2. The Hall–Kier alpha value is -2.44. The summed E-state index contributed by atoms with van der Waals surface area (Å²) in [6.07, 6.45) is 59.9. The molecule has 6 nitrogen and oxygen atoms in total. The largest absolute Gasteiger partial charge is 0.462 e. The molecule has 3 unspecified atom stereocenters. The summed E-state index contributed by atoms with van der Waals surface area (Å²) >= 11 is 0. The van der Waals surface area contributed by atoms with Gasteiger partial charge in [0.05, 0.1) is 25.2 Å². The molecule has 3 N–H and O–H groups in total. The van der Waals surface area contributed by atoms with Crippen LogP contribution in [0, 0.1) is 0 Å². The summed E-state index contributed by atoms with van der Waals surface area (Å²) < 4.78 is 5.91. The van der Waals surface area contributed by atoms with Gasteiger partial charge < -0.3 is 20.3 Å². The quantitative estimate of drug-likeness (QED) is 0.0245. The summed E-state index contributed by atoms with van der Waals surface area (Å²) in [5.41, 5.74) is 0. The minimum Gasteiger partial charge on any atom is -0.462 e. The molecule has 1 amide bonds. The normalized spacial score (nSPS) is 13.7. The zero-order chi connectivity index (χ0) is 44.5. The predicted molar refractivity (Wildman–Crippen MR) is 264 cm³/mol. The Balaban J connectivity index is 4.61. The highest BCUT2D eigenvalue weighted by Crippen LogP contribution is 2.18. The average Bonchev–Trinajstić information content (AvgIpc) is 3.25. The maximum atomic E-state index is 13.2. The van der Waals surface area contributed by atoms with E-state index in [1.807, 2.05) is 24.3 Å². The summed E-state index contributed by atoms with van der Waals surface area (Å²) in [5.74, 6) is -0.516. The van der Waals surface area contributed by atoms with Crippen molar-refractivity contribution in [2.24, 2.45) is 0 Å². The number of aliphatic hydroxyl groups is 2. The molecule has 0 fully saturated rings. The van der Waals surface area contributed by atoms with Crippen molar-refractivity contribution in [1.82, 2.24) is 5.32 Å². The van der Waals surface area contributed by atoms with Gasteiger partial charge in [0.1, 0.15) is 6.10 Å². The lowest BCUT2D eigenvalue weighted by Crippen LogP contribution is -2.46. The molecule has 0 heterocycles. The second kappa shape index (κ2) is 48.6. The van der Waals surface area contributed by atoms with Gasteiger partial charge in [-0.2, -0.15) is 0 Å². The van der Waals surface area contributed by atoms with E-state index in [9.17, 15) is 19.8 Å². The van der Waals surface area contributed by atoms with Gasteiger partial charge in [-0.05, 0) is 70.6 Å². The molecule has 0 aromatic rings. The maximum Gasteiger partial charge on any atom is 0.306 e. The van der Waals surface area contributed by atoms with E-state index in [0.29, 0.717) is 19.3 Å². The molecule has 61 heavy (non-hydrogen) atoms. The van der Waals surface area contributed by atoms with Gasteiger partial charge >= 0.3 is 5.97 Å². The molecule has 0 saturated carbocycles. The lowest BCUT2D eigenvalue weighted by molar-refractivity contribution is -0.151. The van der Waals surface area contributed by atoms with Crippen LogP contribution in [0.2, 0.25) is 0 Å². The van der Waals surface area contributed by atoms with Gasteiger partial charge in [0.2, 0.25) is 5.91 Å². The fraction of sp³-hybridized carbons (Fsp3) is 0.782. The summed E-state index contributed by atoms with van der Waals surface area (Å²) in [6, 6.07) is -0.716. The minimum atomic E-state index is -0.800. The Bertz CT molecular complexity index is 1090. The molecule has 6 heteroatoms. The van der Waals surface area contributed by atoms with Crippen LogP contribution in [0.1, 0.15) is 252 Å². The lowest BCUT2D eigenvalue weighted by Gasteiger charge is -2.24. The second-order valence-electron chi connectivity index (χ2n) is 17.6. The van der Waals surface area contributed by atoms with E-state index >= 15 is 0 Å². The first-order chi connectivity index (χ1) is 30.0. The first-order valence-electron chi connectivity index (χ1n) is 26.1. The molecule has 0 saturated heterocycles. The van der Waals surface area contributed by atoms with Gasteiger partial charge in [-0.1, -0.05) is 229 Å². The number of nitrogens with one attached hydrogen (secondary N) is 1. The predicted octanol–water partition coefficient (Wildman–Crippen LogP) is 15.6. The van der Waals surface area contributed by atoms with Crippen LogP contribution in [0.25, 0.3) is 0 Å². The summed E-state index contributed by atoms with van der Waals surface area (Å²) in [4.78, 5) is 26.1. The summed E-state index contributed by atoms with van der Waals surface area (Å²) in [5, 5.41) is 23.8. The smallest absolute Gasteiger partial charge is 0.306 e. The van der Waals surface area contributed by atoms with E-state index in [0.717, 1.165) is 70.6 Å². The number of carbonyl (C=O) groups is 2. The van der Waals surface area contributed by atoms with Crippen LogP contribution in [0.15, 0.2) is 60.8 Å². The third-order valence-electron chi connectivity index (χ3n) is 11.7. The topological polar surface area (TPSA) is 95.9 Å². The SMILES string of the molecule is CC/C=C/C=C/C=C/C=C\CCCCCC(CC(=O)NC(CO)C(O)CCCCCCCCCCCCCCCC)OC(=O)CCCCCCCCC/C=C\CCCCCC. The van der Waals surface area contributed by atoms with Crippen molar-refractivity contribution >= 4 is 11.9 Å². The highest BCUT2D eigenvalue weighted by atomic mass is 16.5. The van der Waals surface area contributed by atoms with Crippen LogP contribution in [-0.4, -0.2) is 46.9 Å². The van der Waals surface area contributed by atoms with Gasteiger partial charge in [0.25, 0.3) is 0 Å². The Morgan fingerprint density at radius 1 is 0.492 bits per heavy atom. The minimum absolute atomic E-state index is 0.0491. The second-order valence-corrected chi connectivity index (χ2v) is 17.6. The van der Waals surface area contributed by atoms with E-state index in [2.05, 4.69) is 62.5 Å². The number of unbranched alkanes of at least 4 members (excludes halogenated alkanes) is 27. The van der Waals surface area contributed by atoms with E-state index in [4.69, 9.17) is 4.74 Å². The molecule has 0 aliphatic carbocycles. The molecule has 0 radical (unpaired) electrons. The molecule has 354 valence electrons. The zero-order valence-electron chi connectivity index (χ0n) is 40.3. The van der Waals surface area contributed by atoms with Crippen molar-refractivity contribution in [3.05, 3.63) is 60.8 Å². The number of hydrogen-bond acceptors (Lipinski definition) is 5.